The van der Waals surface area contributed by atoms with Gasteiger partial charge in [0.2, 0.25) is 0 Å². The van der Waals surface area contributed by atoms with Gasteiger partial charge in [0.1, 0.15) is 5.69 Å². The second-order valence-electron chi connectivity index (χ2n) is 5.82. The first kappa shape index (κ1) is 13.9. The quantitative estimate of drug-likeness (QED) is 0.658. The predicted molar refractivity (Wildman–Crippen MR) is 80.8 cm³/mol. The number of amides is 2. The van der Waals surface area contributed by atoms with Crippen LogP contribution < -0.4 is 5.48 Å². The van der Waals surface area contributed by atoms with Crippen LogP contribution in [0.3, 0.4) is 0 Å². The standard InChI is InChI=1S/C17H15N3O3/c21-16(19-23)10-4-5-11-12(9-10)15-7-6-14(11)20(15)17(22)13-3-1-2-8-18-13/h1-5,8-9,14-15,23H,6-7H2,(H,19,21). The van der Waals surface area contributed by atoms with Crippen LogP contribution in [0, 0.1) is 0 Å². The van der Waals surface area contributed by atoms with Gasteiger partial charge in [0, 0.05) is 11.8 Å². The number of fused-ring (bicyclic) bond motifs is 5. The Morgan fingerprint density at radius 2 is 1.91 bits per heavy atom. The Bertz CT molecular complexity index is 791. The molecule has 0 aliphatic carbocycles. The molecular weight excluding hydrogens is 294 g/mol. The molecular formula is C17H15N3O3. The van der Waals surface area contributed by atoms with Gasteiger partial charge < -0.3 is 4.90 Å². The van der Waals surface area contributed by atoms with Crippen molar-refractivity contribution >= 4 is 11.8 Å². The lowest BCUT2D eigenvalue weighted by Gasteiger charge is -2.22. The molecule has 2 N–H and O–H groups in total. The molecule has 1 aromatic heterocycles. The number of nitrogens with one attached hydrogen (secondary N) is 1. The van der Waals surface area contributed by atoms with Gasteiger partial charge in [-0.1, -0.05) is 12.1 Å². The molecule has 3 heterocycles. The Kier molecular flexibility index (Phi) is 3.12. The SMILES string of the molecule is O=C(NO)c1ccc2c(c1)C1CCC2N1C(=O)c1ccccn1. The first-order chi connectivity index (χ1) is 11.2. The molecule has 2 aromatic rings. The number of pyridine rings is 1. The highest BCUT2D eigenvalue weighted by atomic mass is 16.5. The van der Waals surface area contributed by atoms with Crippen molar-refractivity contribution < 1.29 is 14.8 Å². The van der Waals surface area contributed by atoms with E-state index in [0.29, 0.717) is 11.3 Å². The summed E-state index contributed by atoms with van der Waals surface area (Å²) in [5, 5.41) is 8.79. The Morgan fingerprint density at radius 1 is 1.13 bits per heavy atom. The third-order valence-corrected chi connectivity index (χ3v) is 4.67. The lowest BCUT2D eigenvalue weighted by Crippen LogP contribution is -2.28. The molecule has 23 heavy (non-hydrogen) atoms. The summed E-state index contributed by atoms with van der Waals surface area (Å²) >= 11 is 0. The lowest BCUT2D eigenvalue weighted by atomic mass is 9.90. The van der Waals surface area contributed by atoms with Crippen molar-refractivity contribution in [2.75, 3.05) is 0 Å². The van der Waals surface area contributed by atoms with Gasteiger partial charge in [0.05, 0.1) is 12.1 Å². The van der Waals surface area contributed by atoms with Crippen LogP contribution in [0.2, 0.25) is 0 Å². The highest BCUT2D eigenvalue weighted by Crippen LogP contribution is 2.53. The van der Waals surface area contributed by atoms with E-state index < -0.39 is 5.91 Å². The van der Waals surface area contributed by atoms with Crippen molar-refractivity contribution in [2.45, 2.75) is 24.9 Å². The molecule has 6 nitrogen and oxygen atoms in total. The normalized spacial score (nSPS) is 21.2. The molecule has 1 aromatic carbocycles. The van der Waals surface area contributed by atoms with Crippen molar-refractivity contribution in [3.05, 3.63) is 65.0 Å². The molecule has 2 aliphatic heterocycles. The lowest BCUT2D eigenvalue weighted by molar-refractivity contribution is 0.0690. The summed E-state index contributed by atoms with van der Waals surface area (Å²) in [5.41, 5.74) is 4.55. The highest BCUT2D eigenvalue weighted by molar-refractivity contribution is 5.95. The maximum Gasteiger partial charge on any atom is 0.274 e. The first-order valence-corrected chi connectivity index (χ1v) is 7.52. The summed E-state index contributed by atoms with van der Waals surface area (Å²) in [6.45, 7) is 0. The fourth-order valence-corrected chi connectivity index (χ4v) is 3.70. The van der Waals surface area contributed by atoms with Crippen LogP contribution in [0.1, 0.15) is 56.9 Å². The fourth-order valence-electron chi connectivity index (χ4n) is 3.70. The van der Waals surface area contributed by atoms with Gasteiger partial charge >= 0.3 is 0 Å². The molecule has 4 rings (SSSR count). The molecule has 1 fully saturated rings. The van der Waals surface area contributed by atoms with Gasteiger partial charge in [-0.05, 0) is 48.2 Å². The largest absolute Gasteiger partial charge is 0.323 e. The van der Waals surface area contributed by atoms with Crippen LogP contribution in [0.15, 0.2) is 42.6 Å². The van der Waals surface area contributed by atoms with Crippen molar-refractivity contribution in [3.8, 4) is 0 Å². The zero-order chi connectivity index (χ0) is 16.0. The number of rotatable bonds is 2. The monoisotopic (exact) mass is 309 g/mol. The minimum Gasteiger partial charge on any atom is -0.323 e. The van der Waals surface area contributed by atoms with E-state index in [4.69, 9.17) is 5.21 Å². The number of carbonyl (C=O) groups is 2. The number of hydroxylamine groups is 1. The second-order valence-corrected chi connectivity index (χ2v) is 5.82. The summed E-state index contributed by atoms with van der Waals surface area (Å²) < 4.78 is 0. The second kappa shape index (κ2) is 5.17. The fraction of sp³-hybridized carbons (Fsp3) is 0.235. The smallest absolute Gasteiger partial charge is 0.274 e. The molecule has 2 unspecified atom stereocenters. The van der Waals surface area contributed by atoms with Gasteiger partial charge in [-0.2, -0.15) is 0 Å². The zero-order valence-electron chi connectivity index (χ0n) is 12.3. The van der Waals surface area contributed by atoms with Crippen LogP contribution in [-0.2, 0) is 0 Å². The van der Waals surface area contributed by atoms with Crippen LogP contribution in [0.25, 0.3) is 0 Å². The number of hydrogen-bond acceptors (Lipinski definition) is 4. The van der Waals surface area contributed by atoms with Crippen LogP contribution in [0.4, 0.5) is 0 Å². The van der Waals surface area contributed by atoms with Crippen LogP contribution in [0.5, 0.6) is 0 Å². The molecule has 6 heteroatoms. The van der Waals surface area contributed by atoms with Gasteiger partial charge in [-0.25, -0.2) is 5.48 Å². The number of nitrogens with zero attached hydrogens (tertiary/aromatic N) is 2. The van der Waals surface area contributed by atoms with Crippen molar-refractivity contribution in [3.63, 3.8) is 0 Å². The van der Waals surface area contributed by atoms with Crippen molar-refractivity contribution in [2.24, 2.45) is 0 Å². The maximum absolute atomic E-state index is 12.8. The minimum atomic E-state index is -0.543. The van der Waals surface area contributed by atoms with Gasteiger partial charge in [-0.3, -0.25) is 19.8 Å². The molecule has 116 valence electrons. The Labute approximate surface area is 132 Å². The molecule has 0 spiro atoms. The maximum atomic E-state index is 12.8. The van der Waals surface area contributed by atoms with E-state index in [-0.39, 0.29) is 18.0 Å². The number of hydrogen-bond donors (Lipinski definition) is 2. The number of benzene rings is 1. The van der Waals surface area contributed by atoms with E-state index in [1.165, 1.54) is 0 Å². The van der Waals surface area contributed by atoms with E-state index in [1.807, 2.05) is 11.0 Å². The summed E-state index contributed by atoms with van der Waals surface area (Å²) in [5.74, 6) is -0.624. The van der Waals surface area contributed by atoms with E-state index >= 15 is 0 Å². The Morgan fingerprint density at radius 3 is 2.61 bits per heavy atom. The van der Waals surface area contributed by atoms with E-state index in [2.05, 4.69) is 4.98 Å². The Balaban J connectivity index is 1.71. The molecule has 0 saturated carbocycles. The van der Waals surface area contributed by atoms with Crippen molar-refractivity contribution in [1.29, 1.82) is 0 Å². The molecule has 2 amide bonds. The summed E-state index contributed by atoms with van der Waals surface area (Å²) in [7, 11) is 0. The molecule has 2 bridgehead atoms. The highest BCUT2D eigenvalue weighted by Gasteiger charge is 2.46. The van der Waals surface area contributed by atoms with E-state index in [0.717, 1.165) is 24.0 Å². The summed E-state index contributed by atoms with van der Waals surface area (Å²) in [6.07, 6.45) is 3.41. The van der Waals surface area contributed by atoms with E-state index in [1.54, 1.807) is 42.0 Å². The number of aromatic nitrogens is 1. The molecule has 2 atom stereocenters. The molecule has 0 radical (unpaired) electrons. The third kappa shape index (κ3) is 2.03. The van der Waals surface area contributed by atoms with Crippen molar-refractivity contribution in [1.82, 2.24) is 15.4 Å². The predicted octanol–water partition coefficient (Wildman–Crippen LogP) is 2.23. The molecule has 2 aliphatic rings. The zero-order valence-corrected chi connectivity index (χ0v) is 12.3. The summed E-state index contributed by atoms with van der Waals surface area (Å²) in [4.78, 5) is 30.4. The molecule has 1 saturated heterocycles. The van der Waals surface area contributed by atoms with E-state index in [9.17, 15) is 9.59 Å². The van der Waals surface area contributed by atoms with Crippen LogP contribution in [-0.4, -0.2) is 26.9 Å². The summed E-state index contributed by atoms with van der Waals surface area (Å²) in [6, 6.07) is 10.6. The van der Waals surface area contributed by atoms with Gasteiger partial charge in [0.25, 0.3) is 11.8 Å². The van der Waals surface area contributed by atoms with Crippen LogP contribution >= 0.6 is 0 Å². The third-order valence-electron chi connectivity index (χ3n) is 4.67. The number of carbonyl (C=O) groups excluding carboxylic acids is 2. The minimum absolute atomic E-state index is 0.0315. The Hall–Kier alpha value is -2.73. The average Bonchev–Trinajstić information content (AvgIpc) is 3.17. The topological polar surface area (TPSA) is 82.5 Å². The first-order valence-electron chi connectivity index (χ1n) is 7.52. The van der Waals surface area contributed by atoms with Gasteiger partial charge in [-0.15, -0.1) is 0 Å². The average molecular weight is 309 g/mol. The van der Waals surface area contributed by atoms with Gasteiger partial charge in [0.15, 0.2) is 0 Å².